The van der Waals surface area contributed by atoms with Crippen molar-refractivity contribution in [1.82, 2.24) is 5.32 Å². The second kappa shape index (κ2) is 5.41. The molecule has 108 valence electrons. The van der Waals surface area contributed by atoms with Crippen molar-refractivity contribution in [3.05, 3.63) is 29.8 Å². The van der Waals surface area contributed by atoms with Crippen LogP contribution in [0.15, 0.2) is 29.2 Å². The van der Waals surface area contributed by atoms with Crippen LogP contribution >= 0.6 is 11.8 Å². The molecule has 2 unspecified atom stereocenters. The lowest BCUT2D eigenvalue weighted by atomic mass is 9.98. The summed E-state index contributed by atoms with van der Waals surface area (Å²) in [6.07, 6.45) is 4.72. The van der Waals surface area contributed by atoms with Gasteiger partial charge in [-0.15, -0.1) is 11.8 Å². The van der Waals surface area contributed by atoms with Crippen LogP contribution < -0.4 is 5.32 Å². The molecule has 3 rings (SSSR count). The molecule has 0 bridgehead atoms. The van der Waals surface area contributed by atoms with Gasteiger partial charge < -0.3 is 5.11 Å². The maximum absolute atomic E-state index is 11.7. The van der Waals surface area contributed by atoms with Crippen LogP contribution in [-0.4, -0.2) is 27.9 Å². The smallest absolute Gasteiger partial charge is 0.323 e. The van der Waals surface area contributed by atoms with Gasteiger partial charge in [-0.1, -0.05) is 17.7 Å². The minimum atomic E-state index is -0.677. The van der Waals surface area contributed by atoms with Crippen molar-refractivity contribution in [2.75, 3.05) is 0 Å². The van der Waals surface area contributed by atoms with Crippen molar-refractivity contribution in [3.63, 3.8) is 0 Å². The van der Waals surface area contributed by atoms with E-state index in [4.69, 9.17) is 0 Å². The zero-order chi connectivity index (χ0) is 14.2. The quantitative estimate of drug-likeness (QED) is 0.874. The second-order valence-corrected chi connectivity index (χ2v) is 7.48. The summed E-state index contributed by atoms with van der Waals surface area (Å²) in [6, 6.07) is 8.94. The minimum Gasteiger partial charge on any atom is -0.480 e. The Morgan fingerprint density at radius 1 is 1.30 bits per heavy atom. The molecule has 0 amide bonds. The normalized spacial score (nSPS) is 29.6. The number of aliphatic carboxylic acids is 1. The lowest BCUT2D eigenvalue weighted by Crippen LogP contribution is -2.51. The van der Waals surface area contributed by atoms with E-state index in [1.54, 1.807) is 0 Å². The lowest BCUT2D eigenvalue weighted by Gasteiger charge is -2.26. The van der Waals surface area contributed by atoms with Crippen LogP contribution in [0.3, 0.4) is 0 Å². The first-order chi connectivity index (χ1) is 9.57. The number of benzene rings is 1. The van der Waals surface area contributed by atoms with Gasteiger partial charge >= 0.3 is 5.97 Å². The van der Waals surface area contributed by atoms with Crippen molar-refractivity contribution < 1.29 is 9.90 Å². The number of carboxylic acid groups (broad SMARTS) is 1. The van der Waals surface area contributed by atoms with E-state index in [0.29, 0.717) is 11.3 Å². The maximum Gasteiger partial charge on any atom is 0.323 e. The molecule has 1 aromatic rings. The summed E-state index contributed by atoms with van der Waals surface area (Å²) in [4.78, 5) is 12.9. The standard InChI is InChI=1S/C16H21NO2S/c1-11-2-6-13(7-3-11)20-14-8-9-16(10-14,15(18)19)17-12-4-5-12/h2-3,6-7,12,14,17H,4-5,8-10H2,1H3,(H,18,19). The molecule has 0 aliphatic heterocycles. The Morgan fingerprint density at radius 2 is 2.00 bits per heavy atom. The molecule has 2 saturated carbocycles. The summed E-state index contributed by atoms with van der Waals surface area (Å²) in [7, 11) is 0. The molecular formula is C16H21NO2S. The van der Waals surface area contributed by atoms with Gasteiger partial charge in [-0.2, -0.15) is 0 Å². The van der Waals surface area contributed by atoms with E-state index in [-0.39, 0.29) is 0 Å². The van der Waals surface area contributed by atoms with Crippen LogP contribution in [0.2, 0.25) is 0 Å². The molecule has 2 fully saturated rings. The SMILES string of the molecule is Cc1ccc(SC2CCC(NC3CC3)(C(=O)O)C2)cc1. The highest BCUT2D eigenvalue weighted by Crippen LogP contribution is 2.42. The number of nitrogens with one attached hydrogen (secondary N) is 1. The summed E-state index contributed by atoms with van der Waals surface area (Å²) in [5, 5.41) is 13.4. The average Bonchev–Trinajstić information content (AvgIpc) is 3.12. The average molecular weight is 291 g/mol. The number of carboxylic acids is 1. The number of carbonyl (C=O) groups is 1. The largest absolute Gasteiger partial charge is 0.480 e. The highest BCUT2D eigenvalue weighted by Gasteiger charge is 2.48. The van der Waals surface area contributed by atoms with E-state index in [9.17, 15) is 9.90 Å². The van der Waals surface area contributed by atoms with Gasteiger partial charge in [0.25, 0.3) is 0 Å². The minimum absolute atomic E-state index is 0.403. The third-order valence-corrected chi connectivity index (χ3v) is 5.54. The molecule has 2 atom stereocenters. The fourth-order valence-electron chi connectivity index (χ4n) is 2.92. The topological polar surface area (TPSA) is 49.3 Å². The Bertz CT molecular complexity index is 498. The predicted octanol–water partition coefficient (Wildman–Crippen LogP) is 3.22. The van der Waals surface area contributed by atoms with E-state index < -0.39 is 11.5 Å². The van der Waals surface area contributed by atoms with Crippen LogP contribution in [0.5, 0.6) is 0 Å². The Morgan fingerprint density at radius 3 is 2.60 bits per heavy atom. The van der Waals surface area contributed by atoms with Gasteiger partial charge in [0.1, 0.15) is 5.54 Å². The van der Waals surface area contributed by atoms with Gasteiger partial charge in [-0.05, 0) is 51.2 Å². The molecule has 2 aliphatic carbocycles. The molecule has 1 aromatic carbocycles. The first-order valence-corrected chi connectivity index (χ1v) is 8.20. The molecule has 2 N–H and O–H groups in total. The molecular weight excluding hydrogens is 270 g/mol. The summed E-state index contributed by atoms with van der Waals surface area (Å²) >= 11 is 1.82. The molecule has 0 saturated heterocycles. The summed E-state index contributed by atoms with van der Waals surface area (Å²) < 4.78 is 0. The van der Waals surface area contributed by atoms with E-state index >= 15 is 0 Å². The number of hydrogen-bond donors (Lipinski definition) is 2. The summed E-state index contributed by atoms with van der Waals surface area (Å²) in [6.45, 7) is 2.08. The van der Waals surface area contributed by atoms with Gasteiger partial charge in [0.15, 0.2) is 0 Å². The fraction of sp³-hybridized carbons (Fsp3) is 0.562. The first kappa shape index (κ1) is 14.0. The third kappa shape index (κ3) is 3.01. The third-order valence-electron chi connectivity index (χ3n) is 4.26. The van der Waals surface area contributed by atoms with Gasteiger partial charge in [0.2, 0.25) is 0 Å². The Balaban J connectivity index is 1.65. The summed E-state index contributed by atoms with van der Waals surface area (Å²) in [5.74, 6) is -0.670. The van der Waals surface area contributed by atoms with Crippen LogP contribution in [0, 0.1) is 6.92 Å². The van der Waals surface area contributed by atoms with Gasteiger partial charge in [0, 0.05) is 16.2 Å². The zero-order valence-electron chi connectivity index (χ0n) is 11.8. The van der Waals surface area contributed by atoms with E-state index in [1.807, 2.05) is 11.8 Å². The Hall–Kier alpha value is -1.00. The first-order valence-electron chi connectivity index (χ1n) is 7.32. The molecule has 0 radical (unpaired) electrons. The zero-order valence-corrected chi connectivity index (χ0v) is 12.6. The highest BCUT2D eigenvalue weighted by molar-refractivity contribution is 8.00. The lowest BCUT2D eigenvalue weighted by molar-refractivity contribution is -0.144. The number of hydrogen-bond acceptors (Lipinski definition) is 3. The fourth-order valence-corrected chi connectivity index (χ4v) is 4.20. The van der Waals surface area contributed by atoms with Gasteiger partial charge in [-0.25, -0.2) is 0 Å². The van der Waals surface area contributed by atoms with Crippen molar-refractivity contribution in [2.45, 2.75) is 60.8 Å². The predicted molar refractivity (Wildman–Crippen MR) is 81.2 cm³/mol. The monoisotopic (exact) mass is 291 g/mol. The molecule has 0 heterocycles. The molecule has 3 nitrogen and oxygen atoms in total. The summed E-state index contributed by atoms with van der Waals surface area (Å²) in [5.41, 5.74) is 0.583. The molecule has 20 heavy (non-hydrogen) atoms. The maximum atomic E-state index is 11.7. The highest BCUT2D eigenvalue weighted by atomic mass is 32.2. The van der Waals surface area contributed by atoms with Crippen molar-refractivity contribution >= 4 is 17.7 Å². The van der Waals surface area contributed by atoms with Crippen molar-refractivity contribution in [3.8, 4) is 0 Å². The Labute approximate surface area is 124 Å². The van der Waals surface area contributed by atoms with Crippen LogP contribution in [0.25, 0.3) is 0 Å². The van der Waals surface area contributed by atoms with Gasteiger partial charge in [0.05, 0.1) is 0 Å². The van der Waals surface area contributed by atoms with E-state index in [0.717, 1.165) is 32.1 Å². The molecule has 2 aliphatic rings. The number of rotatable bonds is 5. The van der Waals surface area contributed by atoms with Crippen LogP contribution in [-0.2, 0) is 4.79 Å². The van der Waals surface area contributed by atoms with Crippen molar-refractivity contribution in [1.29, 1.82) is 0 Å². The molecule has 4 heteroatoms. The van der Waals surface area contributed by atoms with Gasteiger partial charge in [-0.3, -0.25) is 10.1 Å². The van der Waals surface area contributed by atoms with Crippen LogP contribution in [0.1, 0.15) is 37.7 Å². The van der Waals surface area contributed by atoms with E-state index in [1.165, 1.54) is 10.5 Å². The molecule has 0 aromatic heterocycles. The van der Waals surface area contributed by atoms with Crippen LogP contribution in [0.4, 0.5) is 0 Å². The Kier molecular flexibility index (Phi) is 3.78. The van der Waals surface area contributed by atoms with E-state index in [2.05, 4.69) is 36.5 Å². The second-order valence-electron chi connectivity index (χ2n) is 6.10. The number of thioether (sulfide) groups is 1. The molecule has 0 spiro atoms. The number of aryl methyl sites for hydroxylation is 1. The van der Waals surface area contributed by atoms with Crippen molar-refractivity contribution in [2.24, 2.45) is 0 Å².